The predicted molar refractivity (Wildman–Crippen MR) is 117 cm³/mol. The number of anilines is 3. The second-order valence-corrected chi connectivity index (χ2v) is 6.77. The lowest BCUT2D eigenvalue weighted by atomic mass is 10.2. The van der Waals surface area contributed by atoms with E-state index in [9.17, 15) is 4.79 Å². The molecule has 10 heteroatoms. The van der Waals surface area contributed by atoms with Crippen LogP contribution in [0.5, 0.6) is 0 Å². The number of fused-ring (bicyclic) bond motifs is 1. The SMILES string of the molecule is C=CC(=O)Nc1ccc(Cn2ncc3cnc(Nc4cnn(CCOC)c4)nc32)cc1. The molecule has 0 aliphatic heterocycles. The van der Waals surface area contributed by atoms with Gasteiger partial charge >= 0.3 is 0 Å². The Kier molecular flexibility index (Phi) is 5.99. The van der Waals surface area contributed by atoms with Crippen LogP contribution in [0.4, 0.5) is 17.3 Å². The van der Waals surface area contributed by atoms with Crippen molar-refractivity contribution in [2.75, 3.05) is 24.4 Å². The van der Waals surface area contributed by atoms with E-state index in [2.05, 4.69) is 37.4 Å². The van der Waals surface area contributed by atoms with E-state index in [1.807, 2.05) is 35.1 Å². The molecule has 0 unspecified atom stereocenters. The molecule has 0 bridgehead atoms. The van der Waals surface area contributed by atoms with Crippen LogP contribution in [0.2, 0.25) is 0 Å². The maximum absolute atomic E-state index is 11.4. The molecule has 3 heterocycles. The van der Waals surface area contributed by atoms with E-state index >= 15 is 0 Å². The normalized spacial score (nSPS) is 10.9. The third-order valence-electron chi connectivity index (χ3n) is 4.53. The Morgan fingerprint density at radius 3 is 2.77 bits per heavy atom. The third-order valence-corrected chi connectivity index (χ3v) is 4.53. The molecule has 10 nitrogen and oxygen atoms in total. The van der Waals surface area contributed by atoms with Crippen LogP contribution in [-0.2, 0) is 22.6 Å². The second-order valence-electron chi connectivity index (χ2n) is 6.77. The van der Waals surface area contributed by atoms with Crippen LogP contribution in [0.25, 0.3) is 11.0 Å². The summed E-state index contributed by atoms with van der Waals surface area (Å²) in [5.74, 6) is 0.217. The Hall–Kier alpha value is -4.05. The first kappa shape index (κ1) is 20.2. The molecule has 31 heavy (non-hydrogen) atoms. The Balaban J connectivity index is 1.48. The van der Waals surface area contributed by atoms with E-state index in [0.29, 0.717) is 37.0 Å². The highest BCUT2D eigenvalue weighted by atomic mass is 16.5. The summed E-state index contributed by atoms with van der Waals surface area (Å²) >= 11 is 0. The van der Waals surface area contributed by atoms with Gasteiger partial charge in [-0.3, -0.25) is 9.48 Å². The number of amides is 1. The highest BCUT2D eigenvalue weighted by Gasteiger charge is 2.09. The number of benzene rings is 1. The number of nitrogens with one attached hydrogen (secondary N) is 2. The fraction of sp³-hybridized carbons (Fsp3) is 0.190. The largest absolute Gasteiger partial charge is 0.383 e. The molecule has 0 spiro atoms. The average Bonchev–Trinajstić information content (AvgIpc) is 3.40. The molecule has 4 aromatic rings. The molecular weight excluding hydrogens is 396 g/mol. The Morgan fingerprint density at radius 2 is 2.00 bits per heavy atom. The lowest BCUT2D eigenvalue weighted by Gasteiger charge is -2.07. The summed E-state index contributed by atoms with van der Waals surface area (Å²) in [6.45, 7) is 5.24. The Labute approximate surface area is 178 Å². The molecule has 158 valence electrons. The van der Waals surface area contributed by atoms with Crippen LogP contribution < -0.4 is 10.6 Å². The van der Waals surface area contributed by atoms with Gasteiger partial charge in [-0.15, -0.1) is 0 Å². The van der Waals surface area contributed by atoms with Gasteiger partial charge in [0.1, 0.15) is 0 Å². The third kappa shape index (κ3) is 4.93. The first-order valence-electron chi connectivity index (χ1n) is 9.64. The number of methoxy groups -OCH3 is 1. The van der Waals surface area contributed by atoms with Crippen molar-refractivity contribution >= 4 is 34.3 Å². The van der Waals surface area contributed by atoms with Crippen molar-refractivity contribution < 1.29 is 9.53 Å². The molecule has 0 radical (unpaired) electrons. The summed E-state index contributed by atoms with van der Waals surface area (Å²) in [4.78, 5) is 20.4. The highest BCUT2D eigenvalue weighted by Crippen LogP contribution is 2.18. The van der Waals surface area contributed by atoms with Crippen LogP contribution in [0, 0.1) is 0 Å². The molecule has 0 saturated carbocycles. The summed E-state index contributed by atoms with van der Waals surface area (Å²) in [6, 6.07) is 7.54. The minimum Gasteiger partial charge on any atom is -0.383 e. The van der Waals surface area contributed by atoms with Gasteiger partial charge in [-0.2, -0.15) is 15.2 Å². The van der Waals surface area contributed by atoms with Crippen LogP contribution in [0.3, 0.4) is 0 Å². The fourth-order valence-electron chi connectivity index (χ4n) is 2.97. The van der Waals surface area contributed by atoms with Gasteiger partial charge in [-0.05, 0) is 23.8 Å². The zero-order chi connectivity index (χ0) is 21.6. The zero-order valence-corrected chi connectivity index (χ0v) is 17.0. The van der Waals surface area contributed by atoms with E-state index in [1.165, 1.54) is 6.08 Å². The van der Waals surface area contributed by atoms with Gasteiger partial charge in [0.25, 0.3) is 0 Å². The lowest BCUT2D eigenvalue weighted by Crippen LogP contribution is -2.07. The molecular formula is C21H22N8O2. The molecule has 2 N–H and O–H groups in total. The van der Waals surface area contributed by atoms with Crippen molar-refractivity contribution in [2.24, 2.45) is 0 Å². The quantitative estimate of drug-likeness (QED) is 0.402. The summed E-state index contributed by atoms with van der Waals surface area (Å²) in [7, 11) is 1.66. The van der Waals surface area contributed by atoms with Gasteiger partial charge in [0, 0.05) is 25.2 Å². The number of carbonyl (C=O) groups excluding carboxylic acids is 1. The molecule has 0 atom stereocenters. The monoisotopic (exact) mass is 418 g/mol. The van der Waals surface area contributed by atoms with Gasteiger partial charge in [0.15, 0.2) is 5.65 Å². The second kappa shape index (κ2) is 9.18. The van der Waals surface area contributed by atoms with Gasteiger partial charge in [-0.1, -0.05) is 18.7 Å². The maximum atomic E-state index is 11.4. The molecule has 4 rings (SSSR count). The minimum absolute atomic E-state index is 0.244. The number of carbonyl (C=O) groups is 1. The van der Waals surface area contributed by atoms with Crippen LogP contribution >= 0.6 is 0 Å². The Morgan fingerprint density at radius 1 is 1.16 bits per heavy atom. The lowest BCUT2D eigenvalue weighted by molar-refractivity contribution is -0.111. The van der Waals surface area contributed by atoms with Crippen molar-refractivity contribution in [2.45, 2.75) is 13.1 Å². The van der Waals surface area contributed by atoms with Crippen molar-refractivity contribution in [1.29, 1.82) is 0 Å². The summed E-state index contributed by atoms with van der Waals surface area (Å²) in [5.41, 5.74) is 3.24. The van der Waals surface area contributed by atoms with Gasteiger partial charge in [0.05, 0.1) is 43.2 Å². The van der Waals surface area contributed by atoms with Crippen LogP contribution in [0.1, 0.15) is 5.56 Å². The van der Waals surface area contributed by atoms with Crippen LogP contribution in [-0.4, -0.2) is 49.2 Å². The topological polar surface area (TPSA) is 112 Å². The summed E-state index contributed by atoms with van der Waals surface area (Å²) in [6.07, 6.45) is 8.29. The molecule has 1 aromatic carbocycles. The van der Waals surface area contributed by atoms with Crippen molar-refractivity contribution in [3.63, 3.8) is 0 Å². The number of nitrogens with zero attached hydrogens (tertiary/aromatic N) is 6. The van der Waals surface area contributed by atoms with Gasteiger partial charge in [0.2, 0.25) is 11.9 Å². The number of ether oxygens (including phenoxy) is 1. The van der Waals surface area contributed by atoms with E-state index < -0.39 is 0 Å². The molecule has 0 aliphatic carbocycles. The smallest absolute Gasteiger partial charge is 0.247 e. The van der Waals surface area contributed by atoms with E-state index in [1.54, 1.807) is 30.4 Å². The number of rotatable bonds is 9. The number of hydrogen-bond acceptors (Lipinski definition) is 7. The van der Waals surface area contributed by atoms with E-state index in [-0.39, 0.29) is 5.91 Å². The molecule has 0 aliphatic rings. The minimum atomic E-state index is -0.244. The van der Waals surface area contributed by atoms with E-state index in [0.717, 1.165) is 16.6 Å². The average molecular weight is 418 g/mol. The molecule has 0 fully saturated rings. The molecule has 1 amide bonds. The molecule has 3 aromatic heterocycles. The highest BCUT2D eigenvalue weighted by molar-refractivity contribution is 5.98. The van der Waals surface area contributed by atoms with Crippen molar-refractivity contribution in [1.82, 2.24) is 29.5 Å². The van der Waals surface area contributed by atoms with Gasteiger partial charge < -0.3 is 15.4 Å². The standard InChI is InChI=1S/C21H22N8O2/c1-3-19(30)25-17-6-4-15(5-7-17)13-29-20-16(11-24-29)10-22-21(27-20)26-18-12-23-28(14-18)8-9-31-2/h3-7,10-12,14H,1,8-9,13H2,2H3,(H,25,30)(H,22,26,27). The summed E-state index contributed by atoms with van der Waals surface area (Å²) < 4.78 is 8.66. The van der Waals surface area contributed by atoms with Crippen molar-refractivity contribution in [3.05, 3.63) is 67.3 Å². The summed E-state index contributed by atoms with van der Waals surface area (Å²) in [5, 5.41) is 15.5. The Bertz CT molecular complexity index is 1200. The first-order valence-corrected chi connectivity index (χ1v) is 9.64. The fourth-order valence-corrected chi connectivity index (χ4v) is 2.97. The zero-order valence-electron chi connectivity index (χ0n) is 17.0. The van der Waals surface area contributed by atoms with Gasteiger partial charge in [-0.25, -0.2) is 9.67 Å². The predicted octanol–water partition coefficient (Wildman–Crippen LogP) is 2.59. The van der Waals surface area contributed by atoms with Crippen LogP contribution in [0.15, 0.2) is 61.7 Å². The van der Waals surface area contributed by atoms with E-state index in [4.69, 9.17) is 4.74 Å². The first-order chi connectivity index (χ1) is 15.1. The number of hydrogen-bond donors (Lipinski definition) is 2. The maximum Gasteiger partial charge on any atom is 0.247 e. The number of aromatic nitrogens is 6. The van der Waals surface area contributed by atoms with Crippen molar-refractivity contribution in [3.8, 4) is 0 Å². The molecule has 0 saturated heterocycles.